The highest BCUT2D eigenvalue weighted by molar-refractivity contribution is 7.89. The van der Waals surface area contributed by atoms with Gasteiger partial charge in [0.25, 0.3) is 0 Å². The molecule has 0 aliphatic carbocycles. The molecule has 0 aromatic heterocycles. The van der Waals surface area contributed by atoms with Crippen molar-refractivity contribution in [2.24, 2.45) is 5.14 Å². The van der Waals surface area contributed by atoms with Crippen LogP contribution in [0.15, 0.2) is 29.2 Å². The van der Waals surface area contributed by atoms with Gasteiger partial charge < -0.3 is 10.2 Å². The summed E-state index contributed by atoms with van der Waals surface area (Å²) in [4.78, 5) is 2.62. The van der Waals surface area contributed by atoms with Crippen LogP contribution in [-0.2, 0) is 10.0 Å². The van der Waals surface area contributed by atoms with Gasteiger partial charge in [-0.15, -0.1) is 0 Å². The largest absolute Gasteiger partial charge is 0.381 e. The first-order chi connectivity index (χ1) is 9.45. The number of hydrogen-bond donors (Lipinski definition) is 2. The smallest absolute Gasteiger partial charge is 0.238 e. The van der Waals surface area contributed by atoms with Crippen LogP contribution < -0.4 is 10.5 Å². The van der Waals surface area contributed by atoms with Crippen molar-refractivity contribution in [1.82, 2.24) is 4.90 Å². The van der Waals surface area contributed by atoms with Crippen LogP contribution in [0.4, 0.5) is 5.69 Å². The van der Waals surface area contributed by atoms with Gasteiger partial charge in [-0.1, -0.05) is 6.42 Å². The van der Waals surface area contributed by atoms with E-state index in [1.165, 1.54) is 44.5 Å². The fourth-order valence-corrected chi connectivity index (χ4v) is 3.12. The fourth-order valence-electron chi connectivity index (χ4n) is 2.60. The van der Waals surface area contributed by atoms with Crippen molar-refractivity contribution in [2.45, 2.75) is 37.1 Å². The monoisotopic (exact) mass is 297 g/mol. The third kappa shape index (κ3) is 4.47. The van der Waals surface area contributed by atoms with Crippen LogP contribution in [0.5, 0.6) is 0 Å². The standard InChI is InChI=1S/C14H23N3O2S/c1-12(11-17-9-3-2-4-10-17)16-13-5-7-14(8-6-13)20(15,18)19/h5-8,12,16H,2-4,9-11H2,1H3,(H2,15,18,19). The lowest BCUT2D eigenvalue weighted by molar-refractivity contribution is 0.223. The molecule has 1 atom stereocenters. The second kappa shape index (κ2) is 6.56. The Balaban J connectivity index is 1.89. The minimum atomic E-state index is -3.61. The number of hydrogen-bond acceptors (Lipinski definition) is 4. The minimum absolute atomic E-state index is 0.145. The molecule has 0 saturated carbocycles. The van der Waals surface area contributed by atoms with Gasteiger partial charge in [0.1, 0.15) is 0 Å². The molecule has 1 unspecified atom stereocenters. The van der Waals surface area contributed by atoms with E-state index in [1.54, 1.807) is 12.1 Å². The van der Waals surface area contributed by atoms with Crippen LogP contribution in [0.3, 0.4) is 0 Å². The summed E-state index contributed by atoms with van der Waals surface area (Å²) < 4.78 is 22.4. The molecule has 1 aromatic carbocycles. The molecule has 1 aliphatic heterocycles. The number of anilines is 1. The molecule has 112 valence electrons. The lowest BCUT2D eigenvalue weighted by Gasteiger charge is -2.29. The molecule has 2 rings (SSSR count). The predicted octanol–water partition coefficient (Wildman–Crippen LogP) is 1.62. The van der Waals surface area contributed by atoms with Gasteiger partial charge in [0.2, 0.25) is 10.0 Å². The molecule has 0 bridgehead atoms. The maximum Gasteiger partial charge on any atom is 0.238 e. The molecule has 1 fully saturated rings. The van der Waals surface area contributed by atoms with Crippen molar-refractivity contribution in [1.29, 1.82) is 0 Å². The van der Waals surface area contributed by atoms with Gasteiger partial charge in [-0.3, -0.25) is 0 Å². The van der Waals surface area contributed by atoms with Crippen LogP contribution in [-0.4, -0.2) is 39.0 Å². The van der Waals surface area contributed by atoms with Crippen molar-refractivity contribution < 1.29 is 8.42 Å². The van der Waals surface area contributed by atoms with E-state index in [-0.39, 0.29) is 4.90 Å². The molecule has 6 heteroatoms. The van der Waals surface area contributed by atoms with E-state index in [2.05, 4.69) is 17.1 Å². The van der Waals surface area contributed by atoms with E-state index in [9.17, 15) is 8.42 Å². The number of likely N-dealkylation sites (tertiary alicyclic amines) is 1. The molecule has 20 heavy (non-hydrogen) atoms. The Morgan fingerprint density at radius 2 is 1.80 bits per heavy atom. The van der Waals surface area contributed by atoms with Crippen LogP contribution in [0.25, 0.3) is 0 Å². The number of nitrogens with two attached hydrogens (primary N) is 1. The van der Waals surface area contributed by atoms with Crippen LogP contribution in [0.2, 0.25) is 0 Å². The predicted molar refractivity (Wildman–Crippen MR) is 81.2 cm³/mol. The van der Waals surface area contributed by atoms with E-state index in [0.717, 1.165) is 12.2 Å². The summed E-state index contributed by atoms with van der Waals surface area (Å²) in [7, 11) is -3.61. The van der Waals surface area contributed by atoms with Gasteiger partial charge in [0.15, 0.2) is 0 Å². The summed E-state index contributed by atoms with van der Waals surface area (Å²) >= 11 is 0. The van der Waals surface area contributed by atoms with Crippen molar-refractivity contribution in [3.63, 3.8) is 0 Å². The highest BCUT2D eigenvalue weighted by Gasteiger charge is 2.13. The summed E-state index contributed by atoms with van der Waals surface area (Å²) in [5, 5.41) is 8.47. The number of nitrogens with zero attached hydrogens (tertiary/aromatic N) is 1. The Hall–Kier alpha value is -1.11. The number of sulfonamides is 1. The molecule has 1 heterocycles. The van der Waals surface area contributed by atoms with Gasteiger partial charge >= 0.3 is 0 Å². The van der Waals surface area contributed by atoms with E-state index < -0.39 is 10.0 Å². The highest BCUT2D eigenvalue weighted by Crippen LogP contribution is 2.15. The van der Waals surface area contributed by atoms with Crippen molar-refractivity contribution in [3.05, 3.63) is 24.3 Å². The molecule has 1 saturated heterocycles. The Labute approximate surface area is 121 Å². The summed E-state index contributed by atoms with van der Waals surface area (Å²) in [5.74, 6) is 0. The topological polar surface area (TPSA) is 75.4 Å². The number of nitrogens with one attached hydrogen (secondary N) is 1. The molecule has 0 radical (unpaired) electrons. The van der Waals surface area contributed by atoms with E-state index >= 15 is 0 Å². The Bertz CT molecular complexity index is 522. The Kier molecular flexibility index (Phi) is 5.01. The summed E-state index contributed by atoms with van der Waals surface area (Å²) in [6.45, 7) is 5.51. The van der Waals surface area contributed by atoms with E-state index in [4.69, 9.17) is 5.14 Å². The minimum Gasteiger partial charge on any atom is -0.381 e. The zero-order chi connectivity index (χ0) is 14.6. The van der Waals surface area contributed by atoms with Crippen molar-refractivity contribution >= 4 is 15.7 Å². The number of piperidine rings is 1. The zero-order valence-corrected chi connectivity index (χ0v) is 12.7. The first kappa shape index (κ1) is 15.3. The number of rotatable bonds is 5. The van der Waals surface area contributed by atoms with Crippen LogP contribution >= 0.6 is 0 Å². The molecule has 0 amide bonds. The third-order valence-corrected chi connectivity index (χ3v) is 4.51. The molecule has 3 N–H and O–H groups in total. The molecule has 5 nitrogen and oxygen atoms in total. The normalized spacial score (nSPS) is 18.7. The quantitative estimate of drug-likeness (QED) is 0.866. The fraction of sp³-hybridized carbons (Fsp3) is 0.571. The van der Waals surface area contributed by atoms with Crippen LogP contribution in [0.1, 0.15) is 26.2 Å². The highest BCUT2D eigenvalue weighted by atomic mass is 32.2. The van der Waals surface area contributed by atoms with E-state index in [1.807, 2.05) is 0 Å². The molecule has 1 aromatic rings. The second-order valence-corrected chi connectivity index (χ2v) is 7.04. The Morgan fingerprint density at radius 1 is 1.20 bits per heavy atom. The molecular weight excluding hydrogens is 274 g/mol. The second-order valence-electron chi connectivity index (χ2n) is 5.48. The number of primary sulfonamides is 1. The van der Waals surface area contributed by atoms with Gasteiger partial charge in [0.05, 0.1) is 4.90 Å². The lowest BCUT2D eigenvalue weighted by Crippen LogP contribution is -2.38. The van der Waals surface area contributed by atoms with E-state index in [0.29, 0.717) is 6.04 Å². The van der Waals surface area contributed by atoms with Crippen LogP contribution in [0, 0.1) is 0 Å². The first-order valence-corrected chi connectivity index (χ1v) is 8.61. The maximum atomic E-state index is 11.2. The number of benzene rings is 1. The van der Waals surface area contributed by atoms with Crippen molar-refractivity contribution in [2.75, 3.05) is 25.0 Å². The summed E-state index contributed by atoms with van der Waals surface area (Å²) in [6, 6.07) is 6.91. The van der Waals surface area contributed by atoms with Gasteiger partial charge in [0, 0.05) is 18.3 Å². The zero-order valence-electron chi connectivity index (χ0n) is 11.9. The third-order valence-electron chi connectivity index (χ3n) is 3.58. The van der Waals surface area contributed by atoms with Gasteiger partial charge in [-0.05, 0) is 57.1 Å². The summed E-state index contributed by atoms with van der Waals surface area (Å²) in [5.41, 5.74) is 0.918. The Morgan fingerprint density at radius 3 is 2.35 bits per heavy atom. The average Bonchev–Trinajstić information content (AvgIpc) is 2.39. The molecule has 1 aliphatic rings. The summed E-state index contributed by atoms with van der Waals surface area (Å²) in [6.07, 6.45) is 3.92. The van der Waals surface area contributed by atoms with Crippen molar-refractivity contribution in [3.8, 4) is 0 Å². The van der Waals surface area contributed by atoms with Gasteiger partial charge in [-0.25, -0.2) is 13.6 Å². The maximum absolute atomic E-state index is 11.2. The average molecular weight is 297 g/mol. The first-order valence-electron chi connectivity index (χ1n) is 7.07. The SMILES string of the molecule is CC(CN1CCCCC1)Nc1ccc(S(N)(=O)=O)cc1. The molecule has 0 spiro atoms. The lowest BCUT2D eigenvalue weighted by atomic mass is 10.1. The molecular formula is C14H23N3O2S. The van der Waals surface area contributed by atoms with Gasteiger partial charge in [-0.2, -0.15) is 0 Å².